The molecule has 1 saturated carbocycles. The molecular weight excluding hydrogens is 318 g/mol. The molecule has 0 spiro atoms. The normalized spacial score (nSPS) is 22.3. The van der Waals surface area contributed by atoms with Crippen LogP contribution in [-0.4, -0.2) is 47.8 Å². The van der Waals surface area contributed by atoms with Crippen LogP contribution in [-0.2, 0) is 0 Å². The molecule has 2 aliphatic rings. The average Bonchev–Trinajstić information content (AvgIpc) is 3.16. The van der Waals surface area contributed by atoms with Crippen molar-refractivity contribution in [3.63, 3.8) is 0 Å². The van der Waals surface area contributed by atoms with Crippen molar-refractivity contribution >= 4 is 6.03 Å². The lowest BCUT2D eigenvalue weighted by Crippen LogP contribution is -2.49. The van der Waals surface area contributed by atoms with Gasteiger partial charge in [-0.25, -0.2) is 4.79 Å². The van der Waals surface area contributed by atoms with Gasteiger partial charge < -0.3 is 20.2 Å². The number of likely N-dealkylation sites (tertiary alicyclic amines) is 1. The van der Waals surface area contributed by atoms with Crippen LogP contribution in [0, 0.1) is 0 Å². The summed E-state index contributed by atoms with van der Waals surface area (Å²) in [5, 5.41) is 16.3. The number of aliphatic hydroxyl groups is 1. The fourth-order valence-corrected chi connectivity index (χ4v) is 4.00. The lowest BCUT2D eigenvalue weighted by Gasteiger charge is -2.34. The summed E-state index contributed by atoms with van der Waals surface area (Å²) in [6.45, 7) is 2.91. The molecule has 25 heavy (non-hydrogen) atoms. The van der Waals surface area contributed by atoms with Gasteiger partial charge in [0.1, 0.15) is 5.76 Å². The summed E-state index contributed by atoms with van der Waals surface area (Å²) in [6.07, 6.45) is 10.1. The van der Waals surface area contributed by atoms with Crippen molar-refractivity contribution in [3.8, 4) is 0 Å². The lowest BCUT2D eigenvalue weighted by atomic mass is 9.85. The largest absolute Gasteiger partial charge is 0.468 e. The summed E-state index contributed by atoms with van der Waals surface area (Å²) < 4.78 is 5.60. The third-order valence-electron chi connectivity index (χ3n) is 5.52. The van der Waals surface area contributed by atoms with E-state index in [1.165, 1.54) is 25.7 Å². The molecule has 0 bridgehead atoms. The van der Waals surface area contributed by atoms with Crippen LogP contribution in [0.1, 0.15) is 63.2 Å². The topological polar surface area (TPSA) is 77.7 Å². The molecular formula is C19H31N3O3. The van der Waals surface area contributed by atoms with Gasteiger partial charge in [0.25, 0.3) is 0 Å². The molecule has 1 aliphatic carbocycles. The average molecular weight is 349 g/mol. The van der Waals surface area contributed by atoms with Crippen molar-refractivity contribution in [2.24, 2.45) is 0 Å². The van der Waals surface area contributed by atoms with E-state index in [9.17, 15) is 9.90 Å². The van der Waals surface area contributed by atoms with Gasteiger partial charge in [-0.3, -0.25) is 4.90 Å². The number of nitrogens with one attached hydrogen (secondary N) is 2. The first-order chi connectivity index (χ1) is 12.2. The number of carbonyl (C=O) groups is 1. The van der Waals surface area contributed by atoms with Crippen LogP contribution in [0.25, 0.3) is 0 Å². The van der Waals surface area contributed by atoms with Gasteiger partial charge in [0.05, 0.1) is 17.9 Å². The van der Waals surface area contributed by atoms with Crippen LogP contribution >= 0.6 is 0 Å². The second-order valence-corrected chi connectivity index (χ2v) is 7.48. The Morgan fingerprint density at radius 3 is 2.56 bits per heavy atom. The van der Waals surface area contributed by atoms with Crippen molar-refractivity contribution in [3.05, 3.63) is 24.2 Å². The summed E-state index contributed by atoms with van der Waals surface area (Å²) in [5.41, 5.74) is -0.733. The van der Waals surface area contributed by atoms with Gasteiger partial charge in [-0.15, -0.1) is 0 Å². The molecule has 6 nitrogen and oxygen atoms in total. The Labute approximate surface area is 150 Å². The van der Waals surface area contributed by atoms with E-state index in [1.807, 2.05) is 12.1 Å². The molecule has 3 rings (SSSR count). The van der Waals surface area contributed by atoms with Gasteiger partial charge in [0.15, 0.2) is 0 Å². The number of carbonyl (C=O) groups excluding carboxylic acids is 1. The maximum atomic E-state index is 12.2. The van der Waals surface area contributed by atoms with Gasteiger partial charge in [-0.2, -0.15) is 0 Å². The van der Waals surface area contributed by atoms with E-state index < -0.39 is 5.60 Å². The Balaban J connectivity index is 1.49. The number of nitrogens with zero attached hydrogens (tertiary/aromatic N) is 1. The number of hydrogen-bond donors (Lipinski definition) is 3. The van der Waals surface area contributed by atoms with E-state index in [4.69, 9.17) is 4.42 Å². The third kappa shape index (κ3) is 5.22. The van der Waals surface area contributed by atoms with Crippen molar-refractivity contribution in [1.82, 2.24) is 15.5 Å². The van der Waals surface area contributed by atoms with E-state index >= 15 is 0 Å². The summed E-state index contributed by atoms with van der Waals surface area (Å²) in [5.74, 6) is 0.896. The van der Waals surface area contributed by atoms with Gasteiger partial charge >= 0.3 is 6.03 Å². The predicted molar refractivity (Wildman–Crippen MR) is 96.3 cm³/mol. The van der Waals surface area contributed by atoms with Crippen LogP contribution in [0.5, 0.6) is 0 Å². The molecule has 1 aromatic heterocycles. The van der Waals surface area contributed by atoms with Crippen molar-refractivity contribution in [2.45, 2.75) is 63.0 Å². The van der Waals surface area contributed by atoms with E-state index in [0.29, 0.717) is 13.1 Å². The first-order valence-electron chi connectivity index (χ1n) is 9.68. The first kappa shape index (κ1) is 18.3. The summed E-state index contributed by atoms with van der Waals surface area (Å²) in [4.78, 5) is 14.6. The Morgan fingerprint density at radius 2 is 1.88 bits per heavy atom. The van der Waals surface area contributed by atoms with E-state index in [0.717, 1.165) is 44.5 Å². The van der Waals surface area contributed by atoms with E-state index in [2.05, 4.69) is 15.5 Å². The highest BCUT2D eigenvalue weighted by Gasteiger charge is 2.30. The van der Waals surface area contributed by atoms with Crippen LogP contribution < -0.4 is 10.6 Å². The number of furan rings is 1. The molecule has 0 radical (unpaired) electrons. The fraction of sp³-hybridized carbons (Fsp3) is 0.737. The number of rotatable bonds is 6. The Kier molecular flexibility index (Phi) is 6.37. The third-order valence-corrected chi connectivity index (χ3v) is 5.52. The van der Waals surface area contributed by atoms with Crippen LogP contribution in [0.4, 0.5) is 4.79 Å². The quantitative estimate of drug-likeness (QED) is 0.738. The molecule has 2 heterocycles. The van der Waals surface area contributed by atoms with Gasteiger partial charge in [-0.1, -0.05) is 25.7 Å². The molecule has 1 aliphatic heterocycles. The molecule has 1 unspecified atom stereocenters. The van der Waals surface area contributed by atoms with Crippen molar-refractivity contribution in [2.75, 3.05) is 26.2 Å². The smallest absolute Gasteiger partial charge is 0.314 e. The molecule has 1 atom stereocenters. The molecule has 2 amide bonds. The summed E-state index contributed by atoms with van der Waals surface area (Å²) in [6, 6.07) is 3.72. The lowest BCUT2D eigenvalue weighted by molar-refractivity contribution is 0.00713. The van der Waals surface area contributed by atoms with Crippen molar-refractivity contribution in [1.29, 1.82) is 0 Å². The minimum atomic E-state index is -0.733. The van der Waals surface area contributed by atoms with Crippen LogP contribution in [0.15, 0.2) is 22.8 Å². The molecule has 6 heteroatoms. The number of piperidine rings is 1. The maximum Gasteiger partial charge on any atom is 0.314 e. The molecule has 140 valence electrons. The van der Waals surface area contributed by atoms with Gasteiger partial charge in [-0.05, 0) is 50.9 Å². The Bertz CT molecular complexity index is 520. The highest BCUT2D eigenvalue weighted by molar-refractivity contribution is 5.73. The predicted octanol–water partition coefficient (Wildman–Crippen LogP) is 2.80. The first-order valence-corrected chi connectivity index (χ1v) is 9.68. The minimum absolute atomic E-state index is 0.0683. The van der Waals surface area contributed by atoms with E-state index in [-0.39, 0.29) is 12.1 Å². The zero-order valence-corrected chi connectivity index (χ0v) is 15.0. The molecule has 0 aromatic carbocycles. The van der Waals surface area contributed by atoms with Gasteiger partial charge in [0, 0.05) is 13.1 Å². The monoisotopic (exact) mass is 349 g/mol. The number of urea groups is 1. The van der Waals surface area contributed by atoms with E-state index in [1.54, 1.807) is 6.26 Å². The molecule has 1 saturated heterocycles. The zero-order valence-electron chi connectivity index (χ0n) is 15.0. The summed E-state index contributed by atoms with van der Waals surface area (Å²) >= 11 is 0. The van der Waals surface area contributed by atoms with Crippen LogP contribution in [0.3, 0.4) is 0 Å². The SMILES string of the molecule is O=C(NCC(c1ccco1)N1CCCCC1)NCC1(O)CCCCC1. The highest BCUT2D eigenvalue weighted by atomic mass is 16.3. The molecule has 1 aromatic rings. The molecule has 3 N–H and O–H groups in total. The maximum absolute atomic E-state index is 12.2. The minimum Gasteiger partial charge on any atom is -0.468 e. The number of hydrogen-bond acceptors (Lipinski definition) is 4. The Morgan fingerprint density at radius 1 is 1.16 bits per heavy atom. The fourth-order valence-electron chi connectivity index (χ4n) is 4.00. The van der Waals surface area contributed by atoms with Crippen LogP contribution in [0.2, 0.25) is 0 Å². The molecule has 2 fully saturated rings. The van der Waals surface area contributed by atoms with Crippen molar-refractivity contribution < 1.29 is 14.3 Å². The standard InChI is InChI=1S/C19H31N3O3/c23-18(21-15-19(24)9-3-1-4-10-19)20-14-16(17-8-7-13-25-17)22-11-5-2-6-12-22/h7-8,13,16,24H,1-6,9-12,14-15H2,(H2,20,21,23). The second-order valence-electron chi connectivity index (χ2n) is 7.48. The second kappa shape index (κ2) is 8.72. The van der Waals surface area contributed by atoms with Gasteiger partial charge in [0.2, 0.25) is 0 Å². The number of amides is 2. The highest BCUT2D eigenvalue weighted by Crippen LogP contribution is 2.27. The zero-order chi connectivity index (χ0) is 17.5. The Hall–Kier alpha value is -1.53. The summed E-state index contributed by atoms with van der Waals surface area (Å²) in [7, 11) is 0.